The van der Waals surface area contributed by atoms with Crippen LogP contribution >= 0.6 is 0 Å². The molecule has 0 aliphatic heterocycles. The van der Waals surface area contributed by atoms with Crippen LogP contribution in [-0.2, 0) is 4.74 Å². The van der Waals surface area contributed by atoms with Crippen molar-refractivity contribution in [3.63, 3.8) is 0 Å². The molecule has 0 aromatic heterocycles. The minimum atomic E-state index is -0.320. The highest BCUT2D eigenvalue weighted by molar-refractivity contribution is 6.06. The second-order valence-corrected chi connectivity index (χ2v) is 4.65. The Morgan fingerprint density at radius 1 is 1.13 bits per heavy atom. The van der Waals surface area contributed by atoms with Gasteiger partial charge in [0.25, 0.3) is 5.91 Å². The average Bonchev–Trinajstić information content (AvgIpc) is 2.59. The maximum absolute atomic E-state index is 12.5. The largest absolute Gasteiger partial charge is 0.490 e. The zero-order valence-electron chi connectivity index (χ0n) is 12.9. The van der Waals surface area contributed by atoms with Gasteiger partial charge in [-0.25, -0.2) is 0 Å². The summed E-state index contributed by atoms with van der Waals surface area (Å²) in [5, 5.41) is 11.8. The molecule has 0 saturated heterocycles. The van der Waals surface area contributed by atoms with Gasteiger partial charge in [0.2, 0.25) is 0 Å². The number of anilines is 1. The van der Waals surface area contributed by atoms with Crippen LogP contribution in [0.2, 0.25) is 0 Å². The molecule has 1 amide bonds. The monoisotopic (exact) mass is 310 g/mol. The van der Waals surface area contributed by atoms with Gasteiger partial charge in [0, 0.05) is 6.61 Å². The molecule has 0 spiro atoms. The fourth-order valence-electron chi connectivity index (χ4n) is 2.01. The Kier molecular flexibility index (Phi) is 6.16. The second-order valence-electron chi connectivity index (χ2n) is 4.65. The van der Waals surface area contributed by atoms with E-state index in [1.165, 1.54) is 0 Å². The molecule has 5 heteroatoms. The first kappa shape index (κ1) is 16.5. The number of benzene rings is 2. The molecule has 2 aromatic carbocycles. The van der Waals surface area contributed by atoms with Crippen molar-refractivity contribution < 1.29 is 14.3 Å². The minimum Gasteiger partial charge on any atom is -0.490 e. The number of rotatable bonds is 7. The van der Waals surface area contributed by atoms with Gasteiger partial charge in [0.15, 0.2) is 0 Å². The van der Waals surface area contributed by atoms with Gasteiger partial charge in [0.1, 0.15) is 18.4 Å². The summed E-state index contributed by atoms with van der Waals surface area (Å²) in [5.41, 5.74) is 1.30. The summed E-state index contributed by atoms with van der Waals surface area (Å²) in [4.78, 5) is 12.5. The van der Waals surface area contributed by atoms with Gasteiger partial charge in [-0.15, -0.1) is 0 Å². The van der Waals surface area contributed by atoms with E-state index < -0.39 is 0 Å². The molecule has 1 N–H and O–H groups in total. The van der Waals surface area contributed by atoms with E-state index in [0.717, 1.165) is 0 Å². The Morgan fingerprint density at radius 2 is 1.87 bits per heavy atom. The molecule has 0 atom stereocenters. The van der Waals surface area contributed by atoms with Gasteiger partial charge in [-0.1, -0.05) is 24.3 Å². The van der Waals surface area contributed by atoms with Crippen LogP contribution in [0.25, 0.3) is 0 Å². The predicted octanol–water partition coefficient (Wildman–Crippen LogP) is 3.23. The highest BCUT2D eigenvalue weighted by atomic mass is 16.5. The number of carbonyl (C=O) groups is 1. The fourth-order valence-corrected chi connectivity index (χ4v) is 2.01. The summed E-state index contributed by atoms with van der Waals surface area (Å²) in [6.45, 7) is 3.36. The van der Waals surface area contributed by atoms with Crippen LogP contribution in [-0.4, -0.2) is 25.7 Å². The van der Waals surface area contributed by atoms with Crippen LogP contribution in [0.15, 0.2) is 48.5 Å². The Hall–Kier alpha value is -2.84. The summed E-state index contributed by atoms with van der Waals surface area (Å²) in [6, 6.07) is 15.9. The van der Waals surface area contributed by atoms with E-state index in [0.29, 0.717) is 42.4 Å². The molecule has 0 aliphatic rings. The van der Waals surface area contributed by atoms with Crippen molar-refractivity contribution in [1.29, 1.82) is 5.26 Å². The first-order chi connectivity index (χ1) is 11.3. The lowest BCUT2D eigenvalue weighted by molar-refractivity contribution is 0.0998. The zero-order valence-corrected chi connectivity index (χ0v) is 12.9. The fraction of sp³-hybridized carbons (Fsp3) is 0.222. The van der Waals surface area contributed by atoms with Crippen LogP contribution in [0.5, 0.6) is 5.75 Å². The van der Waals surface area contributed by atoms with Gasteiger partial charge < -0.3 is 14.8 Å². The van der Waals surface area contributed by atoms with Crippen molar-refractivity contribution in [2.45, 2.75) is 6.92 Å². The van der Waals surface area contributed by atoms with Crippen LogP contribution in [0.3, 0.4) is 0 Å². The van der Waals surface area contributed by atoms with E-state index in [4.69, 9.17) is 14.7 Å². The molecule has 2 rings (SSSR count). The van der Waals surface area contributed by atoms with Gasteiger partial charge in [-0.3, -0.25) is 4.79 Å². The van der Waals surface area contributed by atoms with Gasteiger partial charge in [-0.05, 0) is 31.2 Å². The number of nitriles is 1. The molecule has 2 aromatic rings. The summed E-state index contributed by atoms with van der Waals surface area (Å²) < 4.78 is 10.8. The maximum Gasteiger partial charge on any atom is 0.259 e. The molecule has 0 radical (unpaired) electrons. The maximum atomic E-state index is 12.5. The quantitative estimate of drug-likeness (QED) is 0.797. The van der Waals surface area contributed by atoms with E-state index in [1.54, 1.807) is 48.5 Å². The summed E-state index contributed by atoms with van der Waals surface area (Å²) in [7, 11) is 0. The molecule has 0 fully saturated rings. The number of ether oxygens (including phenoxy) is 2. The standard InChI is InChI=1S/C18H18N2O3/c1-2-22-11-12-23-17-10-6-4-8-15(17)18(21)20-16-9-5-3-7-14(16)13-19/h3-10H,2,11-12H2,1H3,(H,20,21). The normalized spacial score (nSPS) is 9.91. The highest BCUT2D eigenvalue weighted by Crippen LogP contribution is 2.21. The second kappa shape index (κ2) is 8.57. The molecule has 0 bridgehead atoms. The van der Waals surface area contributed by atoms with Crippen LogP contribution in [0.4, 0.5) is 5.69 Å². The molecule has 23 heavy (non-hydrogen) atoms. The minimum absolute atomic E-state index is 0.320. The number of carbonyl (C=O) groups excluding carboxylic acids is 1. The Bertz CT molecular complexity index is 707. The van der Waals surface area contributed by atoms with Gasteiger partial charge >= 0.3 is 0 Å². The lowest BCUT2D eigenvalue weighted by Crippen LogP contribution is -2.15. The first-order valence-corrected chi connectivity index (χ1v) is 7.36. The van der Waals surface area contributed by atoms with E-state index in [9.17, 15) is 4.79 Å². The molecule has 118 valence electrons. The summed E-state index contributed by atoms with van der Waals surface area (Å²) in [5.74, 6) is 0.166. The predicted molar refractivity (Wildman–Crippen MR) is 87.5 cm³/mol. The molecule has 0 heterocycles. The molecule has 0 saturated carbocycles. The Labute approximate surface area is 135 Å². The van der Waals surface area contributed by atoms with E-state index in [-0.39, 0.29) is 5.91 Å². The van der Waals surface area contributed by atoms with Crippen LogP contribution in [0.1, 0.15) is 22.8 Å². The number of para-hydroxylation sites is 2. The van der Waals surface area contributed by atoms with Crippen molar-refractivity contribution in [3.8, 4) is 11.8 Å². The van der Waals surface area contributed by atoms with E-state index >= 15 is 0 Å². The number of hydrogen-bond acceptors (Lipinski definition) is 4. The van der Waals surface area contributed by atoms with Crippen molar-refractivity contribution in [2.75, 3.05) is 25.1 Å². The van der Waals surface area contributed by atoms with Crippen molar-refractivity contribution in [3.05, 3.63) is 59.7 Å². The Balaban J connectivity index is 2.11. The third-order valence-corrected chi connectivity index (χ3v) is 3.12. The molecular formula is C18H18N2O3. The van der Waals surface area contributed by atoms with Crippen molar-refractivity contribution >= 4 is 11.6 Å². The number of nitrogens with zero attached hydrogens (tertiary/aromatic N) is 1. The molecule has 0 unspecified atom stereocenters. The number of nitrogens with one attached hydrogen (secondary N) is 1. The lowest BCUT2D eigenvalue weighted by atomic mass is 10.1. The van der Waals surface area contributed by atoms with Crippen LogP contribution in [0, 0.1) is 11.3 Å². The topological polar surface area (TPSA) is 71.3 Å². The molecule has 5 nitrogen and oxygen atoms in total. The molecule has 0 aliphatic carbocycles. The number of hydrogen-bond donors (Lipinski definition) is 1. The van der Waals surface area contributed by atoms with Gasteiger partial charge in [-0.2, -0.15) is 5.26 Å². The van der Waals surface area contributed by atoms with Crippen molar-refractivity contribution in [1.82, 2.24) is 0 Å². The van der Waals surface area contributed by atoms with Crippen molar-refractivity contribution in [2.24, 2.45) is 0 Å². The van der Waals surface area contributed by atoms with E-state index in [1.807, 2.05) is 6.92 Å². The van der Waals surface area contributed by atoms with Gasteiger partial charge in [0.05, 0.1) is 23.4 Å². The average molecular weight is 310 g/mol. The third-order valence-electron chi connectivity index (χ3n) is 3.12. The Morgan fingerprint density at radius 3 is 2.65 bits per heavy atom. The summed E-state index contributed by atoms with van der Waals surface area (Å²) >= 11 is 0. The lowest BCUT2D eigenvalue weighted by Gasteiger charge is -2.12. The van der Waals surface area contributed by atoms with E-state index in [2.05, 4.69) is 11.4 Å². The third kappa shape index (κ3) is 4.56. The highest BCUT2D eigenvalue weighted by Gasteiger charge is 2.13. The molecular weight excluding hydrogens is 292 g/mol. The number of amides is 1. The van der Waals surface area contributed by atoms with Crippen LogP contribution < -0.4 is 10.1 Å². The summed E-state index contributed by atoms with van der Waals surface area (Å²) in [6.07, 6.45) is 0. The first-order valence-electron chi connectivity index (χ1n) is 7.36. The zero-order chi connectivity index (χ0) is 16.5. The SMILES string of the molecule is CCOCCOc1ccccc1C(=O)Nc1ccccc1C#N. The smallest absolute Gasteiger partial charge is 0.259 e.